The molecule has 0 radical (unpaired) electrons. The van der Waals surface area contributed by atoms with Gasteiger partial charge < -0.3 is 19.9 Å². The zero-order chi connectivity index (χ0) is 19.0. The summed E-state index contributed by atoms with van der Waals surface area (Å²) in [6.07, 6.45) is 6.17. The third kappa shape index (κ3) is 3.37. The lowest BCUT2D eigenvalue weighted by molar-refractivity contribution is 0.0600. The normalized spacial score (nSPS) is 16.6. The lowest BCUT2D eigenvalue weighted by Crippen LogP contribution is -2.42. The Morgan fingerprint density at radius 3 is 2.81 bits per heavy atom. The average molecular weight is 369 g/mol. The lowest BCUT2D eigenvalue weighted by Gasteiger charge is -2.34. The van der Waals surface area contributed by atoms with Gasteiger partial charge in [-0.2, -0.15) is 5.10 Å². The smallest absolute Gasteiger partial charge is 0.321 e. The van der Waals surface area contributed by atoms with Crippen LogP contribution in [0.4, 0.5) is 10.5 Å². The first kappa shape index (κ1) is 17.5. The van der Waals surface area contributed by atoms with Crippen molar-refractivity contribution in [2.75, 3.05) is 18.4 Å². The number of amides is 2. The first-order valence-electron chi connectivity index (χ1n) is 9.06. The Balaban J connectivity index is 1.39. The molecule has 0 aromatic carbocycles. The molecule has 3 aromatic heterocycles. The van der Waals surface area contributed by atoms with Crippen LogP contribution in [0.5, 0.6) is 0 Å². The summed E-state index contributed by atoms with van der Waals surface area (Å²) in [7, 11) is 1.88. The molecule has 142 valence electrons. The van der Waals surface area contributed by atoms with Crippen LogP contribution in [0.3, 0.4) is 0 Å². The van der Waals surface area contributed by atoms with Crippen molar-refractivity contribution in [3.05, 3.63) is 42.4 Å². The summed E-state index contributed by atoms with van der Waals surface area (Å²) >= 11 is 0. The first-order valence-corrected chi connectivity index (χ1v) is 9.06. The van der Waals surface area contributed by atoms with Crippen molar-refractivity contribution in [3.63, 3.8) is 0 Å². The summed E-state index contributed by atoms with van der Waals surface area (Å²) < 4.78 is 3.49. The van der Waals surface area contributed by atoms with Crippen LogP contribution in [-0.4, -0.2) is 53.3 Å². The maximum absolute atomic E-state index is 12.7. The molecule has 2 N–H and O–H groups in total. The molecular formula is C18H23N7O2. The number of anilines is 1. The second-order valence-electron chi connectivity index (χ2n) is 6.94. The Kier molecular flexibility index (Phi) is 4.53. The van der Waals surface area contributed by atoms with Crippen LogP contribution >= 0.6 is 0 Å². The van der Waals surface area contributed by atoms with E-state index < -0.39 is 6.10 Å². The summed E-state index contributed by atoms with van der Waals surface area (Å²) in [5.74, 6) is 1.42. The van der Waals surface area contributed by atoms with Crippen LogP contribution < -0.4 is 5.32 Å². The van der Waals surface area contributed by atoms with Gasteiger partial charge in [0.15, 0.2) is 5.65 Å². The monoisotopic (exact) mass is 369 g/mol. The van der Waals surface area contributed by atoms with E-state index in [4.69, 9.17) is 0 Å². The molecule has 2 amide bonds. The van der Waals surface area contributed by atoms with Gasteiger partial charge in [-0.15, -0.1) is 0 Å². The van der Waals surface area contributed by atoms with Crippen molar-refractivity contribution in [2.45, 2.75) is 25.9 Å². The van der Waals surface area contributed by atoms with E-state index in [0.717, 1.165) is 12.8 Å². The molecule has 1 fully saturated rings. The molecule has 1 saturated heterocycles. The number of piperidine rings is 1. The number of urea groups is 1. The van der Waals surface area contributed by atoms with Gasteiger partial charge in [0.1, 0.15) is 17.8 Å². The number of carbonyl (C=O) groups is 1. The van der Waals surface area contributed by atoms with Crippen molar-refractivity contribution in [1.82, 2.24) is 29.0 Å². The van der Waals surface area contributed by atoms with Crippen LogP contribution in [0, 0.1) is 12.8 Å². The molecule has 1 unspecified atom stereocenters. The van der Waals surface area contributed by atoms with E-state index in [-0.39, 0.29) is 11.9 Å². The van der Waals surface area contributed by atoms with E-state index in [1.807, 2.05) is 36.9 Å². The van der Waals surface area contributed by atoms with Gasteiger partial charge in [-0.1, -0.05) is 0 Å². The highest BCUT2D eigenvalue weighted by Crippen LogP contribution is 2.30. The predicted molar refractivity (Wildman–Crippen MR) is 99.2 cm³/mol. The van der Waals surface area contributed by atoms with Crippen LogP contribution in [-0.2, 0) is 7.05 Å². The third-order valence-corrected chi connectivity index (χ3v) is 5.11. The fourth-order valence-electron chi connectivity index (χ4n) is 3.60. The molecule has 0 saturated carbocycles. The molecule has 0 bridgehead atoms. The molecule has 0 spiro atoms. The number of likely N-dealkylation sites (tertiary alicyclic amines) is 1. The molecule has 1 atom stereocenters. The number of hydrogen-bond acceptors (Lipinski definition) is 5. The number of rotatable bonds is 3. The van der Waals surface area contributed by atoms with Crippen molar-refractivity contribution in [3.8, 4) is 0 Å². The van der Waals surface area contributed by atoms with Gasteiger partial charge in [0.2, 0.25) is 0 Å². The van der Waals surface area contributed by atoms with Gasteiger partial charge in [-0.05, 0) is 37.8 Å². The van der Waals surface area contributed by atoms with Crippen LogP contribution in [0.15, 0.2) is 30.7 Å². The van der Waals surface area contributed by atoms with Gasteiger partial charge in [-0.25, -0.2) is 19.3 Å². The molecule has 1 aliphatic rings. The highest BCUT2D eigenvalue weighted by Gasteiger charge is 2.30. The van der Waals surface area contributed by atoms with Crippen molar-refractivity contribution < 1.29 is 9.90 Å². The number of carbonyl (C=O) groups excluding carboxylic acids is 1. The Morgan fingerprint density at radius 2 is 2.11 bits per heavy atom. The molecule has 3 aromatic rings. The minimum Gasteiger partial charge on any atom is -0.385 e. The van der Waals surface area contributed by atoms with Gasteiger partial charge >= 0.3 is 6.03 Å². The number of hydrogen-bond donors (Lipinski definition) is 2. The van der Waals surface area contributed by atoms with Gasteiger partial charge in [0, 0.05) is 38.7 Å². The van der Waals surface area contributed by atoms with Crippen molar-refractivity contribution in [2.24, 2.45) is 13.0 Å². The van der Waals surface area contributed by atoms with E-state index in [9.17, 15) is 9.90 Å². The number of aliphatic hydroxyl groups excluding tert-OH is 1. The van der Waals surface area contributed by atoms with Gasteiger partial charge in [-0.3, -0.25) is 0 Å². The number of fused-ring (bicyclic) bond motifs is 1. The number of pyridine rings is 1. The number of nitrogens with zero attached hydrogens (tertiary/aromatic N) is 6. The number of imidazole rings is 1. The molecule has 9 heteroatoms. The van der Waals surface area contributed by atoms with E-state index >= 15 is 0 Å². The number of nitrogens with one attached hydrogen (secondary N) is 1. The Morgan fingerprint density at radius 1 is 1.33 bits per heavy atom. The van der Waals surface area contributed by atoms with Crippen LogP contribution in [0.25, 0.3) is 5.65 Å². The standard InChI is InChI=1S/C18H23N7O2/c1-12-20-16-14(4-3-8-25(16)22-12)21-18(27)24-9-5-13(6-10-24)15(26)17-19-7-11-23(17)2/h3-4,7-8,11,13,15,26H,5-6,9-10H2,1-2H3,(H,21,27). The average Bonchev–Trinajstić information content (AvgIpc) is 3.26. The summed E-state index contributed by atoms with van der Waals surface area (Å²) in [6.45, 7) is 3.00. The molecule has 4 heterocycles. The zero-order valence-corrected chi connectivity index (χ0v) is 15.4. The second kappa shape index (κ2) is 6.99. The van der Waals surface area contributed by atoms with E-state index in [1.54, 1.807) is 21.8 Å². The summed E-state index contributed by atoms with van der Waals surface area (Å²) in [4.78, 5) is 23.0. The van der Waals surface area contributed by atoms with Gasteiger partial charge in [0.25, 0.3) is 0 Å². The van der Waals surface area contributed by atoms with Gasteiger partial charge in [0.05, 0.1) is 5.69 Å². The minimum absolute atomic E-state index is 0.0951. The van der Waals surface area contributed by atoms with Crippen LogP contribution in [0.2, 0.25) is 0 Å². The van der Waals surface area contributed by atoms with Crippen LogP contribution in [0.1, 0.15) is 30.6 Å². The van der Waals surface area contributed by atoms with Crippen molar-refractivity contribution >= 4 is 17.4 Å². The molecule has 27 heavy (non-hydrogen) atoms. The van der Waals surface area contributed by atoms with Crippen molar-refractivity contribution in [1.29, 1.82) is 0 Å². The number of aliphatic hydroxyl groups is 1. The Hall–Kier alpha value is -2.94. The van der Waals surface area contributed by atoms with E-state index in [1.165, 1.54) is 0 Å². The highest BCUT2D eigenvalue weighted by molar-refractivity contribution is 5.93. The largest absolute Gasteiger partial charge is 0.385 e. The summed E-state index contributed by atoms with van der Waals surface area (Å²) in [6, 6.07) is 3.49. The minimum atomic E-state index is -0.608. The maximum atomic E-state index is 12.7. The summed E-state index contributed by atoms with van der Waals surface area (Å²) in [5, 5.41) is 17.8. The highest BCUT2D eigenvalue weighted by atomic mass is 16.3. The molecule has 4 rings (SSSR count). The topological polar surface area (TPSA) is 101 Å². The number of aromatic nitrogens is 5. The molecule has 1 aliphatic heterocycles. The Bertz CT molecular complexity index is 956. The zero-order valence-electron chi connectivity index (χ0n) is 15.4. The van der Waals surface area contributed by atoms with E-state index in [2.05, 4.69) is 20.4 Å². The molecule has 9 nitrogen and oxygen atoms in total. The fraction of sp³-hybridized carbons (Fsp3) is 0.444. The third-order valence-electron chi connectivity index (χ3n) is 5.11. The lowest BCUT2D eigenvalue weighted by atomic mass is 9.91. The Labute approximate surface area is 156 Å². The SMILES string of the molecule is Cc1nc2c(NC(=O)N3CCC(C(O)c4nccn4C)CC3)cccn2n1. The van der Waals surface area contributed by atoms with E-state index in [0.29, 0.717) is 36.1 Å². The molecular weight excluding hydrogens is 346 g/mol. The summed E-state index contributed by atoms with van der Waals surface area (Å²) in [5.41, 5.74) is 1.27. The quantitative estimate of drug-likeness (QED) is 0.732. The molecule has 0 aliphatic carbocycles. The first-order chi connectivity index (χ1) is 13.0. The second-order valence-corrected chi connectivity index (χ2v) is 6.94. The fourth-order valence-corrected chi connectivity index (χ4v) is 3.60. The maximum Gasteiger partial charge on any atom is 0.321 e. The predicted octanol–water partition coefficient (Wildman–Crippen LogP) is 1.75. The number of aryl methyl sites for hydroxylation is 2.